The van der Waals surface area contributed by atoms with Crippen LogP contribution in [-0.4, -0.2) is 22.7 Å². The first-order valence-corrected chi connectivity index (χ1v) is 6.98. The molecule has 0 aliphatic carbocycles. The minimum absolute atomic E-state index is 0.451. The first-order chi connectivity index (χ1) is 8.24. The average Bonchev–Trinajstić information content (AvgIpc) is 2.73. The van der Waals surface area contributed by atoms with Gasteiger partial charge in [-0.3, -0.25) is 4.99 Å². The van der Waals surface area contributed by atoms with Crippen molar-refractivity contribution >= 4 is 34.2 Å². The molecule has 0 aromatic heterocycles. The molecule has 2 nitrogen and oxygen atoms in total. The van der Waals surface area contributed by atoms with Crippen molar-refractivity contribution in [1.29, 1.82) is 0 Å². The average molecular weight is 265 g/mol. The van der Waals surface area contributed by atoms with E-state index >= 15 is 0 Å². The van der Waals surface area contributed by atoms with Gasteiger partial charge in [-0.05, 0) is 31.0 Å². The minimum Gasteiger partial charge on any atom is -0.320 e. The van der Waals surface area contributed by atoms with Gasteiger partial charge in [-0.15, -0.1) is 0 Å². The zero-order valence-electron chi connectivity index (χ0n) is 9.56. The zero-order valence-corrected chi connectivity index (χ0v) is 11.1. The second-order valence-electron chi connectivity index (χ2n) is 4.33. The Labute approximate surface area is 110 Å². The van der Waals surface area contributed by atoms with Gasteiger partial charge >= 0.3 is 0 Å². The Morgan fingerprint density at radius 3 is 2.88 bits per heavy atom. The molecule has 88 valence electrons. The van der Waals surface area contributed by atoms with Crippen LogP contribution in [0.4, 0.5) is 0 Å². The minimum atomic E-state index is 0.451. The number of hydrogen-bond acceptors (Lipinski definition) is 3. The Morgan fingerprint density at radius 2 is 2.12 bits per heavy atom. The van der Waals surface area contributed by atoms with Crippen molar-refractivity contribution in [3.63, 3.8) is 0 Å². The van der Waals surface area contributed by atoms with Gasteiger partial charge in [0.15, 0.2) is 5.17 Å². The molecule has 0 fully saturated rings. The lowest BCUT2D eigenvalue weighted by atomic mass is 10.1. The van der Waals surface area contributed by atoms with Crippen molar-refractivity contribution in [2.45, 2.75) is 19.4 Å². The van der Waals surface area contributed by atoms with Crippen LogP contribution in [-0.2, 0) is 0 Å². The summed E-state index contributed by atoms with van der Waals surface area (Å²) in [4.78, 5) is 6.96. The fourth-order valence-electron chi connectivity index (χ4n) is 2.07. The van der Waals surface area contributed by atoms with E-state index in [0.717, 1.165) is 23.2 Å². The molecule has 1 aromatic carbocycles. The van der Waals surface area contributed by atoms with E-state index in [1.165, 1.54) is 11.3 Å². The molecule has 0 bridgehead atoms. The van der Waals surface area contributed by atoms with Crippen LogP contribution in [0, 0.1) is 0 Å². The van der Waals surface area contributed by atoms with Crippen molar-refractivity contribution in [3.05, 3.63) is 40.3 Å². The van der Waals surface area contributed by atoms with Crippen LogP contribution in [0.2, 0.25) is 5.02 Å². The van der Waals surface area contributed by atoms with Crippen LogP contribution in [0.5, 0.6) is 0 Å². The molecule has 2 aliphatic rings. The third-order valence-electron chi connectivity index (χ3n) is 3.04. The first kappa shape index (κ1) is 11.2. The van der Waals surface area contributed by atoms with E-state index < -0.39 is 0 Å². The molecule has 4 heteroatoms. The monoisotopic (exact) mass is 264 g/mol. The Balaban J connectivity index is 1.91. The van der Waals surface area contributed by atoms with E-state index in [4.69, 9.17) is 11.6 Å². The first-order valence-electron chi connectivity index (χ1n) is 5.72. The highest BCUT2D eigenvalue weighted by molar-refractivity contribution is 8.16. The van der Waals surface area contributed by atoms with Gasteiger partial charge in [0, 0.05) is 17.0 Å². The summed E-state index contributed by atoms with van der Waals surface area (Å²) in [5.74, 6) is 0. The quantitative estimate of drug-likeness (QED) is 0.766. The normalized spacial score (nSPS) is 23.2. The number of halogens is 1. The molecule has 2 heterocycles. The fraction of sp³-hybridized carbons (Fsp3) is 0.308. The fourth-order valence-corrected chi connectivity index (χ4v) is 3.23. The van der Waals surface area contributed by atoms with Crippen LogP contribution in [0.25, 0.3) is 5.70 Å². The topological polar surface area (TPSA) is 15.6 Å². The lowest BCUT2D eigenvalue weighted by Crippen LogP contribution is -2.31. The number of hydrogen-bond donors (Lipinski definition) is 0. The summed E-state index contributed by atoms with van der Waals surface area (Å²) < 4.78 is 0. The summed E-state index contributed by atoms with van der Waals surface area (Å²) in [6, 6.07) is 8.45. The molecule has 0 spiro atoms. The maximum absolute atomic E-state index is 5.91. The Hall–Kier alpha value is -0.930. The van der Waals surface area contributed by atoms with Crippen molar-refractivity contribution in [3.8, 4) is 0 Å². The summed E-state index contributed by atoms with van der Waals surface area (Å²) in [7, 11) is 0. The third kappa shape index (κ3) is 2.09. The Kier molecular flexibility index (Phi) is 2.89. The van der Waals surface area contributed by atoms with Crippen molar-refractivity contribution < 1.29 is 0 Å². The van der Waals surface area contributed by atoms with Gasteiger partial charge in [0.25, 0.3) is 0 Å². The number of rotatable bonds is 1. The van der Waals surface area contributed by atoms with E-state index in [9.17, 15) is 0 Å². The molecule has 0 N–H and O–H groups in total. The standard InChI is InChI=1S/C13H13ClN2S/c1-9-6-7-16-12(8-17-13(16)15-9)10-2-4-11(14)5-3-10/h2-5,8-9H,6-7H2,1H3. The molecule has 2 aliphatic heterocycles. The van der Waals surface area contributed by atoms with Gasteiger partial charge in [0.1, 0.15) is 0 Å². The molecule has 0 amide bonds. The van der Waals surface area contributed by atoms with Crippen molar-refractivity contribution in [1.82, 2.24) is 4.90 Å². The van der Waals surface area contributed by atoms with Gasteiger partial charge < -0.3 is 4.90 Å². The van der Waals surface area contributed by atoms with Crippen LogP contribution in [0.3, 0.4) is 0 Å². The van der Waals surface area contributed by atoms with Crippen LogP contribution in [0.15, 0.2) is 34.7 Å². The van der Waals surface area contributed by atoms with Crippen molar-refractivity contribution in [2.24, 2.45) is 4.99 Å². The van der Waals surface area contributed by atoms with Crippen LogP contribution >= 0.6 is 23.4 Å². The van der Waals surface area contributed by atoms with E-state index in [0.29, 0.717) is 6.04 Å². The second kappa shape index (κ2) is 4.39. The van der Waals surface area contributed by atoms with E-state index in [-0.39, 0.29) is 0 Å². The second-order valence-corrected chi connectivity index (χ2v) is 5.60. The van der Waals surface area contributed by atoms with Gasteiger partial charge in [0.05, 0.1) is 11.7 Å². The predicted octanol–water partition coefficient (Wildman–Crippen LogP) is 3.84. The lowest BCUT2D eigenvalue weighted by Gasteiger charge is -2.28. The summed E-state index contributed by atoms with van der Waals surface area (Å²) in [5.41, 5.74) is 2.46. The Bertz CT molecular complexity index is 493. The van der Waals surface area contributed by atoms with E-state index in [1.807, 2.05) is 12.1 Å². The SMILES string of the molecule is CC1CCN2C(c3ccc(Cl)cc3)=CSC2=N1. The molecule has 3 rings (SSSR count). The summed E-state index contributed by atoms with van der Waals surface area (Å²) in [6.45, 7) is 3.23. The summed E-state index contributed by atoms with van der Waals surface area (Å²) in [5, 5.41) is 4.09. The van der Waals surface area contributed by atoms with E-state index in [1.54, 1.807) is 11.8 Å². The number of nitrogens with zero attached hydrogens (tertiary/aromatic N) is 2. The molecule has 0 saturated heterocycles. The number of aliphatic imine (C=N–C) groups is 1. The lowest BCUT2D eigenvalue weighted by molar-refractivity contribution is 0.489. The highest BCUT2D eigenvalue weighted by Gasteiger charge is 2.27. The molecule has 17 heavy (non-hydrogen) atoms. The Morgan fingerprint density at radius 1 is 1.35 bits per heavy atom. The highest BCUT2D eigenvalue weighted by Crippen LogP contribution is 2.36. The molecular weight excluding hydrogens is 252 g/mol. The molecule has 0 saturated carbocycles. The molecule has 1 aromatic rings. The zero-order chi connectivity index (χ0) is 11.8. The number of fused-ring (bicyclic) bond motifs is 1. The number of benzene rings is 1. The van der Waals surface area contributed by atoms with E-state index in [2.05, 4.69) is 34.4 Å². The number of amidine groups is 1. The molecular formula is C13H13ClN2S. The molecule has 1 atom stereocenters. The third-order valence-corrected chi connectivity index (χ3v) is 4.17. The van der Waals surface area contributed by atoms with Gasteiger partial charge in [-0.1, -0.05) is 35.5 Å². The van der Waals surface area contributed by atoms with Crippen molar-refractivity contribution in [2.75, 3.05) is 6.54 Å². The van der Waals surface area contributed by atoms with Crippen LogP contribution < -0.4 is 0 Å². The largest absolute Gasteiger partial charge is 0.320 e. The highest BCUT2D eigenvalue weighted by atomic mass is 35.5. The van der Waals surface area contributed by atoms with Crippen LogP contribution in [0.1, 0.15) is 18.9 Å². The van der Waals surface area contributed by atoms with Gasteiger partial charge in [-0.25, -0.2) is 0 Å². The summed E-state index contributed by atoms with van der Waals surface area (Å²) in [6.07, 6.45) is 1.12. The van der Waals surface area contributed by atoms with Gasteiger partial charge in [0.2, 0.25) is 0 Å². The molecule has 0 radical (unpaired) electrons. The van der Waals surface area contributed by atoms with Gasteiger partial charge in [-0.2, -0.15) is 0 Å². The predicted molar refractivity (Wildman–Crippen MR) is 75.2 cm³/mol. The smallest absolute Gasteiger partial charge is 0.168 e. The molecule has 1 unspecified atom stereocenters. The maximum atomic E-state index is 5.91. The maximum Gasteiger partial charge on any atom is 0.168 e. The number of thioether (sulfide) groups is 1. The summed E-state index contributed by atoms with van der Waals surface area (Å²) >= 11 is 7.63.